The minimum absolute atomic E-state index is 0.231. The number of H-pyrrole nitrogens is 1. The molecule has 0 unspecified atom stereocenters. The van der Waals surface area contributed by atoms with Crippen LogP contribution in [-0.4, -0.2) is 14.6 Å². The van der Waals surface area contributed by atoms with E-state index in [0.29, 0.717) is 12.2 Å². The van der Waals surface area contributed by atoms with Crippen molar-refractivity contribution in [2.24, 2.45) is 0 Å². The molecule has 0 aliphatic heterocycles. The Bertz CT molecular complexity index is 500. The van der Waals surface area contributed by atoms with Crippen LogP contribution < -0.4 is 5.56 Å². The second kappa shape index (κ2) is 2.69. The van der Waals surface area contributed by atoms with E-state index in [0.717, 1.165) is 6.07 Å². The molecule has 68 valence electrons. The van der Waals surface area contributed by atoms with Gasteiger partial charge in [0.15, 0.2) is 0 Å². The molecule has 13 heavy (non-hydrogen) atoms. The van der Waals surface area contributed by atoms with Gasteiger partial charge in [-0.1, -0.05) is 6.92 Å². The fourth-order valence-electron chi connectivity index (χ4n) is 1.18. The maximum atomic E-state index is 12.7. The topological polar surface area (TPSA) is 50.2 Å². The number of fused-ring (bicyclic) bond motifs is 1. The summed E-state index contributed by atoms with van der Waals surface area (Å²) in [6.07, 6.45) is 1.80. The van der Waals surface area contributed by atoms with Crippen LogP contribution in [0.5, 0.6) is 0 Å². The molecule has 2 aromatic heterocycles. The average Bonchev–Trinajstić information content (AvgIpc) is 2.46. The molecule has 0 fully saturated rings. The summed E-state index contributed by atoms with van der Waals surface area (Å²) in [4.78, 5) is 13.8. The molecule has 2 heterocycles. The van der Waals surface area contributed by atoms with Crippen molar-refractivity contribution < 1.29 is 4.39 Å². The van der Waals surface area contributed by atoms with Crippen molar-refractivity contribution in [3.63, 3.8) is 0 Å². The molecule has 0 radical (unpaired) electrons. The summed E-state index contributed by atoms with van der Waals surface area (Å²) in [5.74, 6) is 0.0966. The van der Waals surface area contributed by atoms with Crippen molar-refractivity contribution in [3.8, 4) is 0 Å². The minimum atomic E-state index is -0.453. The zero-order valence-corrected chi connectivity index (χ0v) is 7.04. The summed E-state index contributed by atoms with van der Waals surface area (Å²) in [6.45, 7) is 1.87. The number of nitrogens with zero attached hydrogens (tertiary/aromatic N) is 2. The van der Waals surface area contributed by atoms with Crippen LogP contribution in [0.1, 0.15) is 12.7 Å². The van der Waals surface area contributed by atoms with Crippen molar-refractivity contribution >= 4 is 5.52 Å². The Balaban J connectivity index is 2.83. The van der Waals surface area contributed by atoms with Gasteiger partial charge in [-0.05, 0) is 0 Å². The SMILES string of the molecule is CCc1nn2cc(F)cc2c(=O)[nH]1. The average molecular weight is 181 g/mol. The van der Waals surface area contributed by atoms with Crippen molar-refractivity contribution in [2.45, 2.75) is 13.3 Å². The predicted octanol–water partition coefficient (Wildman–Crippen LogP) is 0.724. The lowest BCUT2D eigenvalue weighted by atomic mass is 10.4. The van der Waals surface area contributed by atoms with Crippen LogP contribution in [0, 0.1) is 5.82 Å². The van der Waals surface area contributed by atoms with E-state index < -0.39 is 5.82 Å². The normalized spacial score (nSPS) is 10.9. The summed E-state index contributed by atoms with van der Waals surface area (Å²) in [7, 11) is 0. The molecular weight excluding hydrogens is 173 g/mol. The van der Waals surface area contributed by atoms with Crippen LogP contribution in [0.3, 0.4) is 0 Å². The van der Waals surface area contributed by atoms with Gasteiger partial charge in [0.1, 0.15) is 17.2 Å². The highest BCUT2D eigenvalue weighted by Crippen LogP contribution is 2.01. The molecule has 2 aromatic rings. The fourth-order valence-corrected chi connectivity index (χ4v) is 1.18. The highest BCUT2D eigenvalue weighted by atomic mass is 19.1. The van der Waals surface area contributed by atoms with Gasteiger partial charge in [-0.3, -0.25) is 4.79 Å². The number of rotatable bonds is 1. The second-order valence-electron chi connectivity index (χ2n) is 2.74. The third-order valence-electron chi connectivity index (χ3n) is 1.82. The van der Waals surface area contributed by atoms with Gasteiger partial charge in [0.2, 0.25) is 0 Å². The molecule has 5 heteroatoms. The molecule has 0 atom stereocenters. The third-order valence-corrected chi connectivity index (χ3v) is 1.82. The first-order chi connectivity index (χ1) is 6.20. The van der Waals surface area contributed by atoms with Crippen molar-refractivity contribution in [3.05, 3.63) is 34.3 Å². The van der Waals surface area contributed by atoms with Crippen LogP contribution in [0.2, 0.25) is 0 Å². The smallest absolute Gasteiger partial charge is 0.275 e. The Labute approximate surface area is 73.0 Å². The highest BCUT2D eigenvalue weighted by molar-refractivity contribution is 5.43. The van der Waals surface area contributed by atoms with Gasteiger partial charge in [-0.2, -0.15) is 5.10 Å². The van der Waals surface area contributed by atoms with Gasteiger partial charge in [-0.15, -0.1) is 0 Å². The fraction of sp³-hybridized carbons (Fsp3) is 0.250. The van der Waals surface area contributed by atoms with Crippen LogP contribution in [0.4, 0.5) is 4.39 Å². The molecular formula is C8H8FN3O. The number of hydrogen-bond acceptors (Lipinski definition) is 2. The second-order valence-corrected chi connectivity index (χ2v) is 2.74. The number of aryl methyl sites for hydroxylation is 1. The van der Waals surface area contributed by atoms with E-state index >= 15 is 0 Å². The van der Waals surface area contributed by atoms with Crippen LogP contribution >= 0.6 is 0 Å². The Hall–Kier alpha value is -1.65. The summed E-state index contributed by atoms with van der Waals surface area (Å²) in [6, 6.07) is 1.16. The van der Waals surface area contributed by atoms with Crippen LogP contribution in [0.25, 0.3) is 5.52 Å². The Morgan fingerprint density at radius 3 is 3.15 bits per heavy atom. The summed E-state index contributed by atoms with van der Waals surface area (Å²) in [5, 5.41) is 4.00. The molecule has 0 aromatic carbocycles. The molecule has 4 nitrogen and oxygen atoms in total. The van der Waals surface area contributed by atoms with E-state index in [-0.39, 0.29) is 11.1 Å². The standard InChI is InChI=1S/C8H8FN3O/c1-2-7-10-8(13)6-3-5(9)4-12(6)11-7/h3-4H,2H2,1H3,(H,10,11,13). The number of aromatic amines is 1. The van der Waals surface area contributed by atoms with E-state index in [4.69, 9.17) is 0 Å². The molecule has 0 aliphatic rings. The highest BCUT2D eigenvalue weighted by Gasteiger charge is 2.04. The summed E-state index contributed by atoms with van der Waals surface area (Å²) >= 11 is 0. The van der Waals surface area contributed by atoms with Crippen LogP contribution in [0.15, 0.2) is 17.1 Å². The Morgan fingerprint density at radius 2 is 2.46 bits per heavy atom. The maximum absolute atomic E-state index is 12.7. The van der Waals surface area contributed by atoms with Gasteiger partial charge in [0.05, 0.1) is 6.20 Å². The largest absolute Gasteiger partial charge is 0.307 e. The number of nitrogens with one attached hydrogen (secondary N) is 1. The number of hydrogen-bond donors (Lipinski definition) is 1. The minimum Gasteiger partial charge on any atom is -0.307 e. The Morgan fingerprint density at radius 1 is 1.69 bits per heavy atom. The molecule has 2 rings (SSSR count). The quantitative estimate of drug-likeness (QED) is 0.704. The van der Waals surface area contributed by atoms with Crippen molar-refractivity contribution in [2.75, 3.05) is 0 Å². The van der Waals surface area contributed by atoms with Gasteiger partial charge in [-0.25, -0.2) is 8.91 Å². The van der Waals surface area contributed by atoms with Gasteiger partial charge in [0, 0.05) is 12.5 Å². The predicted molar refractivity (Wildman–Crippen MR) is 45.1 cm³/mol. The summed E-state index contributed by atoms with van der Waals surface area (Å²) < 4.78 is 14.0. The molecule has 0 spiro atoms. The molecule has 0 amide bonds. The zero-order valence-electron chi connectivity index (χ0n) is 7.04. The van der Waals surface area contributed by atoms with Gasteiger partial charge < -0.3 is 4.98 Å². The van der Waals surface area contributed by atoms with E-state index in [2.05, 4.69) is 10.1 Å². The van der Waals surface area contributed by atoms with E-state index in [1.807, 2.05) is 6.92 Å². The first-order valence-corrected chi connectivity index (χ1v) is 3.98. The molecule has 0 saturated carbocycles. The molecule has 0 saturated heterocycles. The first-order valence-electron chi connectivity index (χ1n) is 3.98. The van der Waals surface area contributed by atoms with Crippen LogP contribution in [-0.2, 0) is 6.42 Å². The lowest BCUT2D eigenvalue weighted by Crippen LogP contribution is -2.14. The number of aromatic nitrogens is 3. The first kappa shape index (κ1) is 7.97. The van der Waals surface area contributed by atoms with Crippen molar-refractivity contribution in [1.82, 2.24) is 14.6 Å². The lowest BCUT2D eigenvalue weighted by molar-refractivity contribution is 0.624. The molecule has 0 bridgehead atoms. The zero-order chi connectivity index (χ0) is 9.42. The summed E-state index contributed by atoms with van der Waals surface area (Å²) in [5.41, 5.74) is -0.0783. The lowest BCUT2D eigenvalue weighted by Gasteiger charge is -1.96. The van der Waals surface area contributed by atoms with Gasteiger partial charge in [0.25, 0.3) is 5.56 Å². The van der Waals surface area contributed by atoms with Crippen molar-refractivity contribution in [1.29, 1.82) is 0 Å². The Kier molecular flexibility index (Phi) is 1.65. The number of halogens is 1. The van der Waals surface area contributed by atoms with Gasteiger partial charge >= 0.3 is 0 Å². The third kappa shape index (κ3) is 1.22. The maximum Gasteiger partial charge on any atom is 0.275 e. The van der Waals surface area contributed by atoms with E-state index in [9.17, 15) is 9.18 Å². The van der Waals surface area contributed by atoms with E-state index in [1.165, 1.54) is 10.7 Å². The monoisotopic (exact) mass is 181 g/mol. The van der Waals surface area contributed by atoms with E-state index in [1.54, 1.807) is 0 Å². The molecule has 0 aliphatic carbocycles. The molecule has 1 N–H and O–H groups in total.